The Labute approximate surface area is 162 Å². The Morgan fingerprint density at radius 1 is 1.04 bits per heavy atom. The van der Waals surface area contributed by atoms with Crippen molar-refractivity contribution in [2.75, 3.05) is 5.32 Å². The minimum Gasteiger partial charge on any atom is -0.347 e. The van der Waals surface area contributed by atoms with Crippen LogP contribution in [-0.4, -0.2) is 20.0 Å². The predicted molar refractivity (Wildman–Crippen MR) is 111 cm³/mol. The molecular formula is C22H22N4O2. The smallest absolute Gasteiger partial charge is 0.261 e. The van der Waals surface area contributed by atoms with Gasteiger partial charge in [-0.3, -0.25) is 14.2 Å². The Balaban J connectivity index is 1.58. The molecular weight excluding hydrogens is 352 g/mol. The van der Waals surface area contributed by atoms with E-state index in [0.29, 0.717) is 16.8 Å². The van der Waals surface area contributed by atoms with Gasteiger partial charge in [0.25, 0.3) is 5.56 Å². The van der Waals surface area contributed by atoms with Crippen molar-refractivity contribution in [2.45, 2.75) is 26.9 Å². The topological polar surface area (TPSA) is 68.9 Å². The molecule has 0 saturated heterocycles. The van der Waals surface area contributed by atoms with Gasteiger partial charge in [-0.25, -0.2) is 4.98 Å². The van der Waals surface area contributed by atoms with Gasteiger partial charge >= 0.3 is 0 Å². The summed E-state index contributed by atoms with van der Waals surface area (Å²) in [7, 11) is 0. The SMILES string of the molecule is CC(C)Cn1ccc2c(NC(=O)Cn3cnc4ccccc4c3=O)cccc21. The van der Waals surface area contributed by atoms with E-state index in [1.54, 1.807) is 18.2 Å². The van der Waals surface area contributed by atoms with E-state index < -0.39 is 0 Å². The normalized spacial score (nSPS) is 11.4. The number of hydrogen-bond donors (Lipinski definition) is 1. The van der Waals surface area contributed by atoms with Crippen LogP contribution < -0.4 is 10.9 Å². The van der Waals surface area contributed by atoms with Gasteiger partial charge in [0.1, 0.15) is 6.54 Å². The summed E-state index contributed by atoms with van der Waals surface area (Å²) in [6.45, 7) is 5.18. The fourth-order valence-corrected chi connectivity index (χ4v) is 3.45. The van der Waals surface area contributed by atoms with Gasteiger partial charge in [0.15, 0.2) is 0 Å². The van der Waals surface area contributed by atoms with Crippen LogP contribution in [0.3, 0.4) is 0 Å². The van der Waals surface area contributed by atoms with Crippen molar-refractivity contribution in [1.82, 2.24) is 14.1 Å². The second-order valence-corrected chi connectivity index (χ2v) is 7.34. The maximum atomic E-state index is 12.6. The lowest BCUT2D eigenvalue weighted by molar-refractivity contribution is -0.116. The van der Waals surface area contributed by atoms with Crippen LogP contribution in [-0.2, 0) is 17.9 Å². The molecule has 0 bridgehead atoms. The zero-order valence-electron chi connectivity index (χ0n) is 15.9. The first-order valence-electron chi connectivity index (χ1n) is 9.35. The highest BCUT2D eigenvalue weighted by molar-refractivity contribution is 6.01. The number of hydrogen-bond acceptors (Lipinski definition) is 3. The average Bonchev–Trinajstić information content (AvgIpc) is 3.08. The number of anilines is 1. The van der Waals surface area contributed by atoms with Crippen LogP contribution in [0.25, 0.3) is 21.8 Å². The van der Waals surface area contributed by atoms with Crippen molar-refractivity contribution in [3.05, 3.63) is 71.4 Å². The molecule has 2 heterocycles. The molecule has 2 aromatic carbocycles. The van der Waals surface area contributed by atoms with Gasteiger partial charge in [-0.15, -0.1) is 0 Å². The van der Waals surface area contributed by atoms with Gasteiger partial charge in [-0.05, 0) is 36.2 Å². The maximum Gasteiger partial charge on any atom is 0.261 e. The van der Waals surface area contributed by atoms with Crippen molar-refractivity contribution in [2.24, 2.45) is 5.92 Å². The Bertz CT molecular complexity index is 1220. The van der Waals surface area contributed by atoms with Gasteiger partial charge in [0.2, 0.25) is 5.91 Å². The molecule has 6 nitrogen and oxygen atoms in total. The van der Waals surface area contributed by atoms with Crippen LogP contribution in [0.5, 0.6) is 0 Å². The number of nitrogens with one attached hydrogen (secondary N) is 1. The molecule has 0 aliphatic rings. The number of nitrogens with zero attached hydrogens (tertiary/aromatic N) is 3. The quantitative estimate of drug-likeness (QED) is 0.580. The summed E-state index contributed by atoms with van der Waals surface area (Å²) in [5, 5.41) is 4.43. The summed E-state index contributed by atoms with van der Waals surface area (Å²) in [5.41, 5.74) is 2.23. The average molecular weight is 374 g/mol. The lowest BCUT2D eigenvalue weighted by Gasteiger charge is -2.11. The Morgan fingerprint density at radius 2 is 1.86 bits per heavy atom. The van der Waals surface area contributed by atoms with Crippen molar-refractivity contribution in [3.63, 3.8) is 0 Å². The largest absolute Gasteiger partial charge is 0.347 e. The maximum absolute atomic E-state index is 12.6. The summed E-state index contributed by atoms with van der Waals surface area (Å²) in [4.78, 5) is 29.4. The molecule has 142 valence electrons. The van der Waals surface area contributed by atoms with Crippen LogP contribution in [0.4, 0.5) is 5.69 Å². The fourth-order valence-electron chi connectivity index (χ4n) is 3.45. The van der Waals surface area contributed by atoms with E-state index in [-0.39, 0.29) is 18.0 Å². The first-order chi connectivity index (χ1) is 13.5. The van der Waals surface area contributed by atoms with Gasteiger partial charge in [-0.1, -0.05) is 32.0 Å². The summed E-state index contributed by atoms with van der Waals surface area (Å²) in [5.74, 6) is 0.268. The van der Waals surface area contributed by atoms with E-state index in [0.717, 1.165) is 23.1 Å². The van der Waals surface area contributed by atoms with Crippen molar-refractivity contribution in [3.8, 4) is 0 Å². The molecule has 1 N–H and O–H groups in total. The molecule has 0 saturated carbocycles. The number of benzene rings is 2. The number of amides is 1. The lowest BCUT2D eigenvalue weighted by atomic mass is 10.2. The van der Waals surface area contributed by atoms with Crippen LogP contribution >= 0.6 is 0 Å². The minimum absolute atomic E-state index is 0.0836. The summed E-state index contributed by atoms with van der Waals surface area (Å²) >= 11 is 0. The first kappa shape index (κ1) is 18.0. The minimum atomic E-state index is -0.261. The monoisotopic (exact) mass is 374 g/mol. The molecule has 0 fully saturated rings. The molecule has 0 radical (unpaired) electrons. The highest BCUT2D eigenvalue weighted by Crippen LogP contribution is 2.25. The highest BCUT2D eigenvalue weighted by Gasteiger charge is 2.11. The van der Waals surface area contributed by atoms with Crippen molar-refractivity contribution < 1.29 is 4.79 Å². The third-order valence-electron chi connectivity index (χ3n) is 4.70. The van der Waals surface area contributed by atoms with Gasteiger partial charge < -0.3 is 9.88 Å². The summed E-state index contributed by atoms with van der Waals surface area (Å²) < 4.78 is 3.52. The zero-order chi connectivity index (χ0) is 19.7. The summed E-state index contributed by atoms with van der Waals surface area (Å²) in [6.07, 6.45) is 3.46. The second kappa shape index (κ2) is 7.31. The number of aromatic nitrogens is 3. The molecule has 0 spiro atoms. The zero-order valence-corrected chi connectivity index (χ0v) is 15.9. The van der Waals surface area contributed by atoms with E-state index in [2.05, 4.69) is 28.7 Å². The number of carbonyl (C=O) groups excluding carboxylic acids is 1. The number of rotatable bonds is 5. The van der Waals surface area contributed by atoms with E-state index >= 15 is 0 Å². The molecule has 1 amide bonds. The van der Waals surface area contributed by atoms with Gasteiger partial charge in [-0.2, -0.15) is 0 Å². The molecule has 0 atom stereocenters. The third kappa shape index (κ3) is 3.41. The molecule has 4 rings (SSSR count). The Kier molecular flexibility index (Phi) is 4.69. The van der Waals surface area contributed by atoms with E-state index in [1.165, 1.54) is 10.9 Å². The van der Waals surface area contributed by atoms with Crippen molar-refractivity contribution in [1.29, 1.82) is 0 Å². The molecule has 0 aliphatic carbocycles. The van der Waals surface area contributed by atoms with Crippen molar-refractivity contribution >= 4 is 33.4 Å². The standard InChI is InChI=1S/C22H22N4O2/c1-15(2)12-25-11-10-16-19(8-5-9-20(16)25)24-21(27)13-26-14-23-18-7-4-3-6-17(18)22(26)28/h3-11,14-15H,12-13H2,1-2H3,(H,24,27). The Morgan fingerprint density at radius 3 is 2.68 bits per heavy atom. The van der Waals surface area contributed by atoms with Crippen LogP contribution in [0, 0.1) is 5.92 Å². The molecule has 0 unspecified atom stereocenters. The molecule has 28 heavy (non-hydrogen) atoms. The van der Waals surface area contributed by atoms with E-state index in [1.807, 2.05) is 36.5 Å². The Hall–Kier alpha value is -3.41. The van der Waals surface area contributed by atoms with E-state index in [4.69, 9.17) is 0 Å². The number of fused-ring (bicyclic) bond motifs is 2. The molecule has 4 aromatic rings. The van der Waals surface area contributed by atoms with Crippen LogP contribution in [0.15, 0.2) is 65.8 Å². The number of carbonyl (C=O) groups is 1. The molecule has 6 heteroatoms. The first-order valence-corrected chi connectivity index (χ1v) is 9.35. The lowest BCUT2D eigenvalue weighted by Crippen LogP contribution is -2.27. The predicted octanol–water partition coefficient (Wildman–Crippen LogP) is 3.65. The second-order valence-electron chi connectivity index (χ2n) is 7.34. The third-order valence-corrected chi connectivity index (χ3v) is 4.70. The highest BCUT2D eigenvalue weighted by atomic mass is 16.2. The summed E-state index contributed by atoms with van der Waals surface area (Å²) in [6, 6.07) is 15.0. The molecule has 0 aliphatic heterocycles. The van der Waals surface area contributed by atoms with E-state index in [9.17, 15) is 9.59 Å². The van der Waals surface area contributed by atoms with Crippen LogP contribution in [0.2, 0.25) is 0 Å². The van der Waals surface area contributed by atoms with Crippen LogP contribution in [0.1, 0.15) is 13.8 Å². The number of para-hydroxylation sites is 1. The van der Waals surface area contributed by atoms with Gasteiger partial charge in [0.05, 0.1) is 28.4 Å². The molecule has 2 aromatic heterocycles. The van der Waals surface area contributed by atoms with Gasteiger partial charge in [0, 0.05) is 18.1 Å². The fraction of sp³-hybridized carbons (Fsp3) is 0.227.